The quantitative estimate of drug-likeness (QED) is 0.0628. The van der Waals surface area contributed by atoms with Crippen molar-refractivity contribution < 1.29 is 23.3 Å². The topological polar surface area (TPSA) is 65.8 Å². The maximum atomic E-state index is 7.33. The molecule has 0 spiro atoms. The summed E-state index contributed by atoms with van der Waals surface area (Å²) in [6, 6.07) is 26.7. The summed E-state index contributed by atoms with van der Waals surface area (Å²) in [5.41, 5.74) is 1.99. The first-order valence-corrected chi connectivity index (χ1v) is 16.8. The first-order chi connectivity index (χ1) is 21.7. The number of nitrogens with one attached hydrogen (secondary N) is 1. The van der Waals surface area contributed by atoms with E-state index in [0.717, 1.165) is 34.7 Å². The molecule has 0 saturated carbocycles. The van der Waals surface area contributed by atoms with Crippen LogP contribution in [0.3, 0.4) is 0 Å². The molecule has 0 radical (unpaired) electrons. The van der Waals surface area contributed by atoms with Gasteiger partial charge in [0.1, 0.15) is 23.7 Å². The highest BCUT2D eigenvalue weighted by Gasteiger charge is 2.41. The molecule has 0 bridgehead atoms. The molecule has 0 aliphatic heterocycles. The van der Waals surface area contributed by atoms with E-state index in [9.17, 15) is 0 Å². The Morgan fingerprint density at radius 1 is 0.778 bits per heavy atom. The van der Waals surface area contributed by atoms with E-state index in [1.807, 2.05) is 42.5 Å². The van der Waals surface area contributed by atoms with E-state index in [1.54, 1.807) is 14.2 Å². The van der Waals surface area contributed by atoms with Gasteiger partial charge in [-0.05, 0) is 82.1 Å². The summed E-state index contributed by atoms with van der Waals surface area (Å²) < 4.78 is 33.4. The van der Waals surface area contributed by atoms with Crippen molar-refractivity contribution in [2.24, 2.45) is 0 Å². The average Bonchev–Trinajstić information content (AvgIpc) is 3.05. The van der Waals surface area contributed by atoms with E-state index in [-0.39, 0.29) is 24.2 Å². The van der Waals surface area contributed by atoms with E-state index in [2.05, 4.69) is 92.8 Å². The Hall–Kier alpha value is -3.02. The second-order valence-corrected chi connectivity index (χ2v) is 12.8. The number of hydrogen-bond donors (Lipinski definition) is 1. The molecular formula is C36H50N3O5P. The highest BCUT2D eigenvalue weighted by atomic mass is 31.2. The molecule has 0 amide bonds. The van der Waals surface area contributed by atoms with Crippen molar-refractivity contribution in [2.75, 3.05) is 40.5 Å². The molecule has 3 atom stereocenters. The van der Waals surface area contributed by atoms with Crippen LogP contribution >= 0.6 is 8.53 Å². The molecule has 3 aromatic carbocycles. The van der Waals surface area contributed by atoms with Crippen LogP contribution in [0.1, 0.15) is 58.2 Å². The minimum absolute atomic E-state index is 0.162. The van der Waals surface area contributed by atoms with Crippen LogP contribution in [0, 0.1) is 6.57 Å². The van der Waals surface area contributed by atoms with Crippen molar-refractivity contribution in [2.45, 2.75) is 71.4 Å². The van der Waals surface area contributed by atoms with Crippen LogP contribution in [0.15, 0.2) is 78.9 Å². The van der Waals surface area contributed by atoms with Crippen molar-refractivity contribution in [3.63, 3.8) is 0 Å². The molecule has 1 N–H and O–H groups in total. The maximum Gasteiger partial charge on any atom is 0.259 e. The van der Waals surface area contributed by atoms with Gasteiger partial charge in [-0.1, -0.05) is 61.5 Å². The van der Waals surface area contributed by atoms with Gasteiger partial charge in [0.25, 0.3) is 8.53 Å². The SMILES string of the molecule is [C-]#[N+]CCOP(OCC(NCC)C(C)OC(c1ccccc1)(c1ccc(OC)cc1)c1ccc(OC)cc1)N(C(C)C)C(C)C. The summed E-state index contributed by atoms with van der Waals surface area (Å²) in [5.74, 6) is 1.54. The van der Waals surface area contributed by atoms with Crippen molar-refractivity contribution in [1.82, 2.24) is 9.99 Å². The van der Waals surface area contributed by atoms with Gasteiger partial charge in [0.15, 0.2) is 0 Å². The van der Waals surface area contributed by atoms with Gasteiger partial charge in [0.05, 0.1) is 33.0 Å². The molecule has 244 valence electrons. The Balaban J connectivity index is 2.06. The molecule has 8 nitrogen and oxygen atoms in total. The smallest absolute Gasteiger partial charge is 0.259 e. The molecule has 3 aromatic rings. The zero-order chi connectivity index (χ0) is 32.8. The summed E-state index contributed by atoms with van der Waals surface area (Å²) in [7, 11) is 1.95. The molecule has 3 rings (SSSR count). The molecule has 0 saturated heterocycles. The van der Waals surface area contributed by atoms with Gasteiger partial charge in [-0.15, -0.1) is 0 Å². The molecule has 3 unspecified atom stereocenters. The summed E-state index contributed by atoms with van der Waals surface area (Å²) >= 11 is 0. The molecule has 0 aliphatic rings. The normalized spacial score (nSPS) is 13.9. The second kappa shape index (κ2) is 18.2. The number of rotatable bonds is 19. The predicted octanol–water partition coefficient (Wildman–Crippen LogP) is 7.68. The summed E-state index contributed by atoms with van der Waals surface area (Å²) in [4.78, 5) is 3.47. The van der Waals surface area contributed by atoms with Crippen molar-refractivity contribution in [1.29, 1.82) is 0 Å². The van der Waals surface area contributed by atoms with E-state index < -0.39 is 14.1 Å². The fourth-order valence-electron chi connectivity index (χ4n) is 5.46. The molecular weight excluding hydrogens is 585 g/mol. The zero-order valence-electron chi connectivity index (χ0n) is 28.0. The van der Waals surface area contributed by atoms with Crippen LogP contribution in [0.4, 0.5) is 0 Å². The van der Waals surface area contributed by atoms with Gasteiger partial charge >= 0.3 is 0 Å². The van der Waals surface area contributed by atoms with Gasteiger partial charge in [-0.25, -0.2) is 11.2 Å². The Morgan fingerprint density at radius 3 is 1.73 bits per heavy atom. The average molecular weight is 636 g/mol. The van der Waals surface area contributed by atoms with E-state index in [1.165, 1.54) is 0 Å². The third kappa shape index (κ3) is 9.50. The largest absolute Gasteiger partial charge is 0.497 e. The van der Waals surface area contributed by atoms with Crippen molar-refractivity contribution in [3.8, 4) is 11.5 Å². The zero-order valence-corrected chi connectivity index (χ0v) is 28.9. The summed E-state index contributed by atoms with van der Waals surface area (Å²) in [6.45, 7) is 21.7. The highest BCUT2D eigenvalue weighted by Crippen LogP contribution is 2.47. The molecule has 45 heavy (non-hydrogen) atoms. The first kappa shape index (κ1) is 36.4. The number of ether oxygens (including phenoxy) is 3. The Labute approximate surface area is 271 Å². The lowest BCUT2D eigenvalue weighted by Crippen LogP contribution is -2.48. The van der Waals surface area contributed by atoms with Gasteiger partial charge in [0.2, 0.25) is 6.54 Å². The second-order valence-electron chi connectivity index (χ2n) is 11.3. The molecule has 0 aliphatic carbocycles. The lowest BCUT2D eigenvalue weighted by atomic mass is 9.79. The number of hydrogen-bond acceptors (Lipinski definition) is 7. The van der Waals surface area contributed by atoms with E-state index in [4.69, 9.17) is 29.8 Å². The highest BCUT2D eigenvalue weighted by molar-refractivity contribution is 7.44. The third-order valence-electron chi connectivity index (χ3n) is 7.59. The van der Waals surface area contributed by atoms with Crippen LogP contribution in [0.2, 0.25) is 0 Å². The lowest BCUT2D eigenvalue weighted by molar-refractivity contribution is -0.0610. The first-order valence-electron chi connectivity index (χ1n) is 15.6. The molecule has 9 heteroatoms. The van der Waals surface area contributed by atoms with Crippen LogP contribution in [-0.4, -0.2) is 69.4 Å². The minimum atomic E-state index is -1.39. The Kier molecular flexibility index (Phi) is 14.7. The van der Waals surface area contributed by atoms with Crippen LogP contribution in [-0.2, 0) is 19.4 Å². The third-order valence-corrected chi connectivity index (χ3v) is 9.66. The van der Waals surface area contributed by atoms with E-state index in [0.29, 0.717) is 19.8 Å². The Morgan fingerprint density at radius 2 is 1.29 bits per heavy atom. The van der Waals surface area contributed by atoms with Crippen LogP contribution in [0.25, 0.3) is 4.85 Å². The van der Waals surface area contributed by atoms with E-state index >= 15 is 0 Å². The molecule has 0 fully saturated rings. The summed E-state index contributed by atoms with van der Waals surface area (Å²) in [6.07, 6.45) is -0.305. The fourth-order valence-corrected chi connectivity index (χ4v) is 7.09. The standard InChI is InChI=1S/C36H50N3O5P/c1-10-38-35(26-43-45(42-25-24-37-7)39(27(2)3)28(4)5)29(6)44-36(30-14-12-11-13-15-30,31-16-20-33(40-8)21-17-31)32-18-22-34(41-9)23-19-32/h11-23,27-29,35,38H,10,24-26H2,1-6,8-9H3. The van der Waals surface area contributed by atoms with Gasteiger partial charge in [-0.2, -0.15) is 0 Å². The van der Waals surface area contributed by atoms with Crippen LogP contribution in [0.5, 0.6) is 11.5 Å². The number of nitrogens with zero attached hydrogens (tertiary/aromatic N) is 2. The number of likely N-dealkylation sites (N-methyl/N-ethyl adjacent to an activating group) is 1. The van der Waals surface area contributed by atoms with Gasteiger partial charge in [0, 0.05) is 12.1 Å². The van der Waals surface area contributed by atoms with Crippen LogP contribution < -0.4 is 14.8 Å². The summed E-state index contributed by atoms with van der Waals surface area (Å²) in [5, 5.41) is 3.61. The minimum Gasteiger partial charge on any atom is -0.497 e. The molecule has 0 aromatic heterocycles. The number of methoxy groups -OCH3 is 2. The van der Waals surface area contributed by atoms with Gasteiger partial charge in [-0.3, -0.25) is 0 Å². The van der Waals surface area contributed by atoms with Crippen molar-refractivity contribution >= 4 is 8.53 Å². The van der Waals surface area contributed by atoms with Gasteiger partial charge < -0.3 is 33.4 Å². The maximum absolute atomic E-state index is 7.33. The lowest BCUT2D eigenvalue weighted by Gasteiger charge is -2.41. The van der Waals surface area contributed by atoms with Crippen molar-refractivity contribution in [3.05, 3.63) is 107 Å². The fraction of sp³-hybridized carbons (Fsp3) is 0.472. The Bertz CT molecular complexity index is 1240. The predicted molar refractivity (Wildman–Crippen MR) is 183 cm³/mol. The number of benzene rings is 3. The molecule has 0 heterocycles. The monoisotopic (exact) mass is 635 g/mol.